The molecule has 5 rings (SSSR count). The molecule has 302 valence electrons. The van der Waals surface area contributed by atoms with Gasteiger partial charge in [-0.3, -0.25) is 0 Å². The second-order valence-electron chi connectivity index (χ2n) is 17.3. The third kappa shape index (κ3) is 11.0. The highest BCUT2D eigenvalue weighted by molar-refractivity contribution is 7.00. The van der Waals surface area contributed by atoms with Crippen LogP contribution < -0.4 is 20.7 Å². The van der Waals surface area contributed by atoms with Gasteiger partial charge in [-0.15, -0.1) is 6.58 Å². The Morgan fingerprint density at radius 2 is 0.877 bits per heavy atom. The Bertz CT molecular complexity index is 1820. The zero-order valence-electron chi connectivity index (χ0n) is 34.9. The summed E-state index contributed by atoms with van der Waals surface area (Å²) in [6, 6.07) is 52.6. The molecule has 0 spiro atoms. The molecule has 7 heteroatoms. The molecular weight excluding hydrogens is 737 g/mol. The van der Waals surface area contributed by atoms with Crippen molar-refractivity contribution in [3.63, 3.8) is 0 Å². The SMILES string of the molecule is C=C[C@H](O)C[C@@H](C[C@@H](O)C[C@H](CCOCc1ccccc1)O[Si](c1ccccc1)(c1ccccc1)C(C)(C)C)O[Si](c1ccccc1)(c1ccccc1)C(C)(C)C. The van der Waals surface area contributed by atoms with E-state index in [0.717, 1.165) is 15.9 Å². The average Bonchev–Trinajstić information content (AvgIpc) is 3.21. The molecule has 0 heterocycles. The van der Waals surface area contributed by atoms with Crippen molar-refractivity contribution in [1.82, 2.24) is 0 Å². The van der Waals surface area contributed by atoms with Crippen LogP contribution in [0.25, 0.3) is 0 Å². The summed E-state index contributed by atoms with van der Waals surface area (Å²) in [5, 5.41) is 27.6. The molecule has 5 aromatic carbocycles. The minimum absolute atomic E-state index is 0.243. The first-order valence-electron chi connectivity index (χ1n) is 20.5. The van der Waals surface area contributed by atoms with Gasteiger partial charge in [0.05, 0.1) is 31.0 Å². The molecule has 0 bridgehead atoms. The molecule has 57 heavy (non-hydrogen) atoms. The smallest absolute Gasteiger partial charge is 0.261 e. The van der Waals surface area contributed by atoms with Gasteiger partial charge in [0.2, 0.25) is 0 Å². The van der Waals surface area contributed by atoms with Gasteiger partial charge in [0, 0.05) is 13.0 Å². The third-order valence-corrected chi connectivity index (χ3v) is 21.2. The quantitative estimate of drug-likeness (QED) is 0.0470. The first kappa shape index (κ1) is 44.2. The number of benzene rings is 5. The van der Waals surface area contributed by atoms with Gasteiger partial charge in [0.25, 0.3) is 16.6 Å². The largest absolute Gasteiger partial charge is 0.404 e. The van der Waals surface area contributed by atoms with Crippen LogP contribution in [0.4, 0.5) is 0 Å². The Labute approximate surface area is 344 Å². The van der Waals surface area contributed by atoms with Gasteiger partial charge >= 0.3 is 0 Å². The van der Waals surface area contributed by atoms with E-state index in [1.807, 2.05) is 30.3 Å². The van der Waals surface area contributed by atoms with Crippen molar-refractivity contribution in [1.29, 1.82) is 0 Å². The molecule has 2 N–H and O–H groups in total. The van der Waals surface area contributed by atoms with Crippen molar-refractivity contribution in [2.24, 2.45) is 0 Å². The van der Waals surface area contributed by atoms with Crippen LogP contribution in [0.2, 0.25) is 10.1 Å². The van der Waals surface area contributed by atoms with E-state index in [4.69, 9.17) is 13.6 Å². The lowest BCUT2D eigenvalue weighted by Crippen LogP contribution is -2.68. The Hall–Kier alpha value is -3.93. The van der Waals surface area contributed by atoms with Crippen LogP contribution >= 0.6 is 0 Å². The van der Waals surface area contributed by atoms with Crippen LogP contribution in [0.3, 0.4) is 0 Å². The number of aliphatic hydroxyl groups is 2. The van der Waals surface area contributed by atoms with Crippen LogP contribution in [0.1, 0.15) is 72.8 Å². The molecule has 0 radical (unpaired) electrons. The van der Waals surface area contributed by atoms with E-state index in [1.165, 1.54) is 10.4 Å². The minimum atomic E-state index is -3.01. The van der Waals surface area contributed by atoms with Gasteiger partial charge in [-0.2, -0.15) is 0 Å². The van der Waals surface area contributed by atoms with Crippen LogP contribution in [0, 0.1) is 0 Å². The number of hydrogen-bond acceptors (Lipinski definition) is 5. The fourth-order valence-electron chi connectivity index (χ4n) is 8.35. The topological polar surface area (TPSA) is 68.2 Å². The summed E-state index contributed by atoms with van der Waals surface area (Å²) >= 11 is 0. The summed E-state index contributed by atoms with van der Waals surface area (Å²) in [5.41, 5.74) is 1.12. The molecule has 0 saturated heterocycles. The summed E-state index contributed by atoms with van der Waals surface area (Å²) in [4.78, 5) is 0. The van der Waals surface area contributed by atoms with Crippen LogP contribution in [-0.4, -0.2) is 57.9 Å². The molecule has 0 aliphatic carbocycles. The second-order valence-corrected chi connectivity index (χ2v) is 25.8. The van der Waals surface area contributed by atoms with E-state index < -0.39 is 34.9 Å². The zero-order valence-corrected chi connectivity index (χ0v) is 36.9. The van der Waals surface area contributed by atoms with Crippen LogP contribution in [0.15, 0.2) is 164 Å². The van der Waals surface area contributed by atoms with Crippen molar-refractivity contribution in [2.45, 2.75) is 108 Å². The van der Waals surface area contributed by atoms with Gasteiger partial charge in [-0.05, 0) is 55.6 Å². The van der Waals surface area contributed by atoms with Crippen molar-refractivity contribution >= 4 is 37.4 Å². The third-order valence-electron chi connectivity index (χ3n) is 11.1. The van der Waals surface area contributed by atoms with Gasteiger partial charge in [0.15, 0.2) is 0 Å². The molecular formula is C50H64O5Si2. The molecule has 0 amide bonds. The summed E-state index contributed by atoms with van der Waals surface area (Å²) in [6.07, 6.45) is 0.786. The minimum Gasteiger partial charge on any atom is -0.404 e. The zero-order chi connectivity index (χ0) is 40.9. The lowest BCUT2D eigenvalue weighted by atomic mass is 10.0. The van der Waals surface area contributed by atoms with E-state index in [2.05, 4.69) is 169 Å². The number of hydrogen-bond donors (Lipinski definition) is 2. The van der Waals surface area contributed by atoms with Gasteiger partial charge in [-0.25, -0.2) is 0 Å². The highest BCUT2D eigenvalue weighted by Gasteiger charge is 2.53. The number of ether oxygens (including phenoxy) is 1. The maximum Gasteiger partial charge on any atom is 0.261 e. The summed E-state index contributed by atoms with van der Waals surface area (Å²) in [5.74, 6) is 0. The standard InChI is InChI=1S/C50H64O5Si2/c1-8-41(51)36-44(55-57(50(5,6)7,47-30-20-12-21-31-47)48-32-22-13-23-33-48)38-42(52)37-43(34-35-53-39-40-24-14-9-15-25-40)54-56(49(2,3)4,45-26-16-10-17-27-45)46-28-18-11-19-29-46/h8-33,41-44,51-52H,1,34-39H2,2-7H3/t41-,42-,43-,44-/m0/s1. The molecule has 5 aromatic rings. The summed E-state index contributed by atoms with van der Waals surface area (Å²) < 4.78 is 21.5. The highest BCUT2D eigenvalue weighted by atomic mass is 28.4. The fourth-order valence-corrected chi connectivity index (χ4v) is 17.8. The number of rotatable bonds is 20. The molecule has 4 atom stereocenters. The Kier molecular flexibility index (Phi) is 15.6. The predicted molar refractivity (Wildman–Crippen MR) is 242 cm³/mol. The maximum atomic E-state index is 12.3. The molecule has 0 unspecified atom stereocenters. The molecule has 0 aromatic heterocycles. The number of aliphatic hydroxyl groups excluding tert-OH is 2. The molecule has 0 aliphatic heterocycles. The lowest BCUT2D eigenvalue weighted by molar-refractivity contribution is 0.0215. The van der Waals surface area contributed by atoms with Crippen LogP contribution in [0.5, 0.6) is 0 Å². The van der Waals surface area contributed by atoms with Crippen molar-refractivity contribution < 1.29 is 23.8 Å². The average molecular weight is 801 g/mol. The molecule has 0 saturated carbocycles. The summed E-state index contributed by atoms with van der Waals surface area (Å²) in [6.45, 7) is 18.5. The van der Waals surface area contributed by atoms with Crippen molar-refractivity contribution in [3.05, 3.63) is 170 Å². The first-order chi connectivity index (χ1) is 27.3. The van der Waals surface area contributed by atoms with Crippen molar-refractivity contribution in [3.8, 4) is 0 Å². The Morgan fingerprint density at radius 1 is 0.526 bits per heavy atom. The van der Waals surface area contributed by atoms with E-state index >= 15 is 0 Å². The van der Waals surface area contributed by atoms with Crippen LogP contribution in [-0.2, 0) is 20.2 Å². The highest BCUT2D eigenvalue weighted by Crippen LogP contribution is 2.40. The molecule has 5 nitrogen and oxygen atoms in total. The Balaban J connectivity index is 1.52. The monoisotopic (exact) mass is 800 g/mol. The first-order valence-corrected chi connectivity index (χ1v) is 24.3. The predicted octanol–water partition coefficient (Wildman–Crippen LogP) is 8.56. The van der Waals surface area contributed by atoms with E-state index in [1.54, 1.807) is 6.08 Å². The molecule has 0 aliphatic rings. The lowest BCUT2D eigenvalue weighted by Gasteiger charge is -2.46. The van der Waals surface area contributed by atoms with E-state index in [0.29, 0.717) is 38.9 Å². The van der Waals surface area contributed by atoms with E-state index in [-0.39, 0.29) is 16.2 Å². The van der Waals surface area contributed by atoms with Gasteiger partial charge in [-0.1, -0.05) is 199 Å². The fraction of sp³-hybridized carbons (Fsp3) is 0.360. The normalized spacial score (nSPS) is 14.7. The van der Waals surface area contributed by atoms with Gasteiger partial charge < -0.3 is 23.8 Å². The second kappa shape index (κ2) is 20.2. The Morgan fingerprint density at radius 3 is 1.25 bits per heavy atom. The van der Waals surface area contributed by atoms with E-state index in [9.17, 15) is 10.2 Å². The maximum absolute atomic E-state index is 12.3. The van der Waals surface area contributed by atoms with Gasteiger partial charge in [0.1, 0.15) is 0 Å². The summed E-state index contributed by atoms with van der Waals surface area (Å²) in [7, 11) is -5.98. The molecule has 0 fully saturated rings. The van der Waals surface area contributed by atoms with Crippen molar-refractivity contribution in [2.75, 3.05) is 6.61 Å².